The largest absolute Gasteiger partial charge is 0.507 e. The molecule has 1 aliphatic heterocycles. The maximum absolute atomic E-state index is 13.2. The van der Waals surface area contributed by atoms with Gasteiger partial charge in [0.1, 0.15) is 17.3 Å². The molecule has 1 N–H and O–H groups in total. The van der Waals surface area contributed by atoms with E-state index in [4.69, 9.17) is 14.2 Å². The Morgan fingerprint density at radius 2 is 1.66 bits per heavy atom. The molecule has 0 radical (unpaired) electrons. The summed E-state index contributed by atoms with van der Waals surface area (Å²) in [6.45, 7) is 6.07. The molecule has 1 amide bonds. The van der Waals surface area contributed by atoms with Gasteiger partial charge in [0, 0.05) is 25.8 Å². The molecular formula is C28H35NO6. The summed E-state index contributed by atoms with van der Waals surface area (Å²) in [4.78, 5) is 27.7. The van der Waals surface area contributed by atoms with Crippen LogP contribution in [0.1, 0.15) is 56.7 Å². The van der Waals surface area contributed by atoms with Crippen molar-refractivity contribution in [3.63, 3.8) is 0 Å². The minimum Gasteiger partial charge on any atom is -0.507 e. The average molecular weight is 482 g/mol. The lowest BCUT2D eigenvalue weighted by atomic mass is 9.95. The summed E-state index contributed by atoms with van der Waals surface area (Å²) in [5.41, 5.74) is 1.23. The lowest BCUT2D eigenvalue weighted by Crippen LogP contribution is -2.31. The number of likely N-dealkylation sites (tertiary alicyclic amines) is 1. The van der Waals surface area contributed by atoms with Gasteiger partial charge in [0.2, 0.25) is 0 Å². The third-order valence-corrected chi connectivity index (χ3v) is 5.83. The number of hydrogen-bond acceptors (Lipinski definition) is 6. The summed E-state index contributed by atoms with van der Waals surface area (Å²) < 4.78 is 16.6. The van der Waals surface area contributed by atoms with Crippen LogP contribution < -0.4 is 9.47 Å². The van der Waals surface area contributed by atoms with E-state index in [-0.39, 0.29) is 11.3 Å². The number of hydrogen-bond donors (Lipinski definition) is 1. The van der Waals surface area contributed by atoms with Crippen LogP contribution in [0.5, 0.6) is 11.5 Å². The van der Waals surface area contributed by atoms with Crippen molar-refractivity contribution in [3.05, 3.63) is 65.2 Å². The van der Waals surface area contributed by atoms with E-state index < -0.39 is 17.7 Å². The van der Waals surface area contributed by atoms with E-state index in [9.17, 15) is 14.7 Å². The number of amides is 1. The van der Waals surface area contributed by atoms with Crippen LogP contribution in [0.2, 0.25) is 0 Å². The van der Waals surface area contributed by atoms with Crippen LogP contribution in [0.15, 0.2) is 54.1 Å². The molecule has 188 valence electrons. The molecule has 3 rings (SSSR count). The fourth-order valence-corrected chi connectivity index (χ4v) is 4.03. The molecule has 0 bridgehead atoms. The number of ketones is 1. The molecule has 2 aromatic carbocycles. The average Bonchev–Trinajstić information content (AvgIpc) is 3.13. The minimum atomic E-state index is -0.711. The van der Waals surface area contributed by atoms with Crippen LogP contribution in [-0.4, -0.2) is 55.2 Å². The van der Waals surface area contributed by atoms with Gasteiger partial charge in [-0.3, -0.25) is 9.59 Å². The van der Waals surface area contributed by atoms with Gasteiger partial charge in [-0.15, -0.1) is 0 Å². The Balaban J connectivity index is 2.01. The highest BCUT2D eigenvalue weighted by Gasteiger charge is 2.45. The second-order valence-electron chi connectivity index (χ2n) is 8.49. The Labute approximate surface area is 207 Å². The minimum absolute atomic E-state index is 0.0698. The van der Waals surface area contributed by atoms with Gasteiger partial charge in [-0.05, 0) is 49.1 Å². The second-order valence-corrected chi connectivity index (χ2v) is 8.49. The lowest BCUT2D eigenvalue weighted by Gasteiger charge is -2.25. The second kappa shape index (κ2) is 13.0. The number of unbranched alkanes of at least 4 members (excludes halogenated alkanes) is 1. The van der Waals surface area contributed by atoms with E-state index >= 15 is 0 Å². The highest BCUT2D eigenvalue weighted by Crippen LogP contribution is 2.40. The molecule has 0 spiro atoms. The number of nitrogens with zero attached hydrogens (tertiary/aromatic N) is 1. The van der Waals surface area contributed by atoms with Crippen molar-refractivity contribution in [1.29, 1.82) is 0 Å². The topological polar surface area (TPSA) is 85.3 Å². The summed E-state index contributed by atoms with van der Waals surface area (Å²) in [5, 5.41) is 11.3. The van der Waals surface area contributed by atoms with Crippen LogP contribution in [-0.2, 0) is 14.3 Å². The van der Waals surface area contributed by atoms with Crippen molar-refractivity contribution in [2.75, 3.05) is 33.5 Å². The number of carbonyl (C=O) groups is 2. The predicted molar refractivity (Wildman–Crippen MR) is 135 cm³/mol. The Kier molecular flexibility index (Phi) is 9.73. The first-order valence-corrected chi connectivity index (χ1v) is 12.2. The number of methoxy groups -OCH3 is 1. The predicted octanol–water partition coefficient (Wildman–Crippen LogP) is 5.11. The van der Waals surface area contributed by atoms with Gasteiger partial charge in [-0.1, -0.05) is 44.5 Å². The van der Waals surface area contributed by atoms with Crippen molar-refractivity contribution in [2.24, 2.45) is 0 Å². The summed E-state index contributed by atoms with van der Waals surface area (Å²) in [5.74, 6) is -0.229. The Hall–Kier alpha value is -3.32. The third-order valence-electron chi connectivity index (χ3n) is 5.83. The smallest absolute Gasteiger partial charge is 0.295 e. The molecule has 0 aliphatic carbocycles. The number of Topliss-reactive ketones (excluding diaryl/α,β-unsaturated/α-hetero) is 1. The molecule has 1 atom stereocenters. The van der Waals surface area contributed by atoms with Crippen LogP contribution in [0, 0.1) is 0 Å². The number of aliphatic hydroxyl groups is 1. The highest BCUT2D eigenvalue weighted by atomic mass is 16.5. The number of aliphatic hydroxyl groups excluding tert-OH is 1. The van der Waals surface area contributed by atoms with Gasteiger partial charge >= 0.3 is 0 Å². The van der Waals surface area contributed by atoms with Crippen molar-refractivity contribution < 1.29 is 28.9 Å². The van der Waals surface area contributed by atoms with Crippen LogP contribution in [0.4, 0.5) is 0 Å². The van der Waals surface area contributed by atoms with Gasteiger partial charge in [0.25, 0.3) is 11.7 Å². The number of ether oxygens (including phenoxy) is 3. The van der Waals surface area contributed by atoms with E-state index in [0.29, 0.717) is 49.8 Å². The molecule has 2 aromatic rings. The van der Waals surface area contributed by atoms with Gasteiger partial charge in [-0.25, -0.2) is 0 Å². The zero-order valence-electron chi connectivity index (χ0n) is 20.8. The van der Waals surface area contributed by atoms with E-state index in [0.717, 1.165) is 24.8 Å². The number of carbonyl (C=O) groups excluding carboxylic acids is 2. The van der Waals surface area contributed by atoms with Gasteiger partial charge in [0.05, 0.1) is 24.8 Å². The first kappa shape index (κ1) is 26.3. The maximum Gasteiger partial charge on any atom is 0.295 e. The fourth-order valence-electron chi connectivity index (χ4n) is 4.03. The zero-order chi connectivity index (χ0) is 25.2. The molecule has 0 saturated carbocycles. The number of rotatable bonds is 13. The Bertz CT molecular complexity index is 1030. The van der Waals surface area contributed by atoms with E-state index in [1.807, 2.05) is 37.3 Å². The number of benzene rings is 2. The van der Waals surface area contributed by atoms with Crippen LogP contribution in [0.25, 0.3) is 5.76 Å². The van der Waals surface area contributed by atoms with E-state index in [1.54, 1.807) is 25.3 Å². The fraction of sp³-hybridized carbons (Fsp3) is 0.429. The van der Waals surface area contributed by atoms with Crippen LogP contribution in [0.3, 0.4) is 0 Å². The first-order valence-electron chi connectivity index (χ1n) is 12.2. The molecule has 1 unspecified atom stereocenters. The lowest BCUT2D eigenvalue weighted by molar-refractivity contribution is -0.140. The molecule has 1 heterocycles. The van der Waals surface area contributed by atoms with Crippen molar-refractivity contribution in [1.82, 2.24) is 4.90 Å². The maximum atomic E-state index is 13.2. The normalized spacial score (nSPS) is 17.1. The van der Waals surface area contributed by atoms with Crippen molar-refractivity contribution in [2.45, 2.75) is 45.6 Å². The molecule has 35 heavy (non-hydrogen) atoms. The zero-order valence-corrected chi connectivity index (χ0v) is 20.8. The molecule has 1 saturated heterocycles. The summed E-state index contributed by atoms with van der Waals surface area (Å²) >= 11 is 0. The van der Waals surface area contributed by atoms with Crippen LogP contribution >= 0.6 is 0 Å². The summed E-state index contributed by atoms with van der Waals surface area (Å²) in [6.07, 6.45) is 3.39. The molecule has 1 fully saturated rings. The van der Waals surface area contributed by atoms with Gasteiger partial charge < -0.3 is 24.2 Å². The summed E-state index contributed by atoms with van der Waals surface area (Å²) in [7, 11) is 1.59. The monoisotopic (exact) mass is 481 g/mol. The third kappa shape index (κ3) is 6.42. The highest BCUT2D eigenvalue weighted by molar-refractivity contribution is 6.46. The molecule has 0 aromatic heterocycles. The molecule has 1 aliphatic rings. The molecule has 7 nitrogen and oxygen atoms in total. The van der Waals surface area contributed by atoms with E-state index in [1.165, 1.54) is 4.90 Å². The van der Waals surface area contributed by atoms with E-state index in [2.05, 4.69) is 6.92 Å². The van der Waals surface area contributed by atoms with Crippen molar-refractivity contribution >= 4 is 17.4 Å². The van der Waals surface area contributed by atoms with Gasteiger partial charge in [-0.2, -0.15) is 0 Å². The summed E-state index contributed by atoms with van der Waals surface area (Å²) in [6, 6.07) is 13.6. The molecule has 7 heteroatoms. The van der Waals surface area contributed by atoms with Gasteiger partial charge in [0.15, 0.2) is 0 Å². The SMILES string of the molecule is CCCCOc1cccc(C(O)=C2C(=O)C(=O)N(CCCOC)C2c2ccc(OCCC)cc2)c1. The standard InChI is InChI=1S/C28H35NO6/c1-4-6-18-35-23-10-7-9-21(19-23)26(30)24-25(20-11-13-22(14-12-20)34-16-5-2)29(15-8-17-33-3)28(32)27(24)31/h7,9-14,19,25,30H,4-6,8,15-18H2,1-3H3. The molecular weight excluding hydrogens is 446 g/mol. The van der Waals surface area contributed by atoms with Crippen molar-refractivity contribution in [3.8, 4) is 11.5 Å². The Morgan fingerprint density at radius 1 is 0.914 bits per heavy atom. The Morgan fingerprint density at radius 3 is 2.34 bits per heavy atom. The quantitative estimate of drug-likeness (QED) is 0.185. The first-order chi connectivity index (χ1) is 17.0.